The van der Waals surface area contributed by atoms with Gasteiger partial charge in [-0.2, -0.15) is 0 Å². The van der Waals surface area contributed by atoms with Gasteiger partial charge in [0.25, 0.3) is 0 Å². The summed E-state index contributed by atoms with van der Waals surface area (Å²) < 4.78 is 0. The zero-order valence-electron chi connectivity index (χ0n) is 11.7. The van der Waals surface area contributed by atoms with Gasteiger partial charge in [-0.1, -0.05) is 13.0 Å². The third kappa shape index (κ3) is 5.90. The van der Waals surface area contributed by atoms with Crippen LogP contribution in [-0.4, -0.2) is 57.3 Å². The minimum Gasteiger partial charge on any atom is -0.478 e. The van der Waals surface area contributed by atoms with Crippen LogP contribution < -0.4 is 0 Å². The van der Waals surface area contributed by atoms with Crippen molar-refractivity contribution in [2.45, 2.75) is 13.3 Å². The molecule has 7 heteroatoms. The van der Waals surface area contributed by atoms with Crippen LogP contribution in [0.2, 0.25) is 0 Å². The van der Waals surface area contributed by atoms with Gasteiger partial charge in [0.05, 0.1) is 30.9 Å². The lowest BCUT2D eigenvalue weighted by Gasteiger charge is -2.24. The van der Waals surface area contributed by atoms with Crippen LogP contribution in [0.5, 0.6) is 0 Å². The molecule has 118 valence electrons. The Morgan fingerprint density at radius 3 is 1.52 bits per heavy atom. The van der Waals surface area contributed by atoms with Crippen LogP contribution in [0.25, 0.3) is 0 Å². The molecule has 0 aliphatic heterocycles. The van der Waals surface area contributed by atoms with Crippen molar-refractivity contribution < 1.29 is 35.1 Å². The van der Waals surface area contributed by atoms with Crippen LogP contribution in [0.4, 0.5) is 0 Å². The molecule has 0 aliphatic carbocycles. The molecular formula is C14H20O7. The second-order valence-electron chi connectivity index (χ2n) is 4.52. The van der Waals surface area contributed by atoms with Crippen molar-refractivity contribution in [2.24, 2.45) is 5.41 Å². The van der Waals surface area contributed by atoms with E-state index >= 15 is 0 Å². The number of carboxylic acid groups (broad SMARTS) is 2. The summed E-state index contributed by atoms with van der Waals surface area (Å²) in [6.45, 7) is 1.35. The molecule has 0 aliphatic rings. The average Bonchev–Trinajstić information content (AvgIpc) is 2.51. The Kier molecular flexibility index (Phi) is 8.22. The molecule has 21 heavy (non-hydrogen) atoms. The summed E-state index contributed by atoms with van der Waals surface area (Å²) in [4.78, 5) is 20.8. The number of carbonyl (C=O) groups is 2. The second kappa shape index (κ2) is 9.06. The Hall–Kier alpha value is -1.96. The zero-order chi connectivity index (χ0) is 16.5. The standard InChI is InChI=1S/C8H6O4.C6H14O3/c9-7(10)5-2-1-3-6(4-5)8(11)12;1-2-6(3-7,4-8)5-9/h1-4H,(H,9,10)(H,11,12);7-9H,2-5H2,1H3. The van der Waals surface area contributed by atoms with Crippen LogP contribution >= 0.6 is 0 Å². The maximum atomic E-state index is 10.4. The van der Waals surface area contributed by atoms with E-state index in [1.54, 1.807) is 0 Å². The van der Waals surface area contributed by atoms with Crippen molar-refractivity contribution in [3.63, 3.8) is 0 Å². The topological polar surface area (TPSA) is 135 Å². The van der Waals surface area contributed by atoms with E-state index in [0.29, 0.717) is 6.42 Å². The molecule has 0 unspecified atom stereocenters. The maximum absolute atomic E-state index is 10.4. The van der Waals surface area contributed by atoms with Gasteiger partial charge in [0.15, 0.2) is 0 Å². The lowest BCUT2D eigenvalue weighted by molar-refractivity contribution is 0.00303. The van der Waals surface area contributed by atoms with E-state index in [2.05, 4.69) is 0 Å². The third-order valence-electron chi connectivity index (χ3n) is 3.11. The predicted octanol–water partition coefficient (Wildman–Crippen LogP) is 0.443. The third-order valence-corrected chi connectivity index (χ3v) is 3.11. The molecule has 0 bridgehead atoms. The Labute approximate surface area is 122 Å². The molecule has 0 amide bonds. The highest BCUT2D eigenvalue weighted by Crippen LogP contribution is 2.18. The minimum atomic E-state index is -1.13. The first-order valence-electron chi connectivity index (χ1n) is 6.25. The monoisotopic (exact) mass is 300 g/mol. The first-order valence-corrected chi connectivity index (χ1v) is 6.25. The lowest BCUT2D eigenvalue weighted by Crippen LogP contribution is -2.32. The SMILES string of the molecule is CCC(CO)(CO)CO.O=C(O)c1cccc(C(=O)O)c1. The van der Waals surface area contributed by atoms with E-state index in [1.807, 2.05) is 6.92 Å². The molecule has 1 aromatic rings. The average molecular weight is 300 g/mol. The van der Waals surface area contributed by atoms with Crippen molar-refractivity contribution in [2.75, 3.05) is 19.8 Å². The van der Waals surface area contributed by atoms with Crippen molar-refractivity contribution in [3.05, 3.63) is 35.4 Å². The Morgan fingerprint density at radius 1 is 0.952 bits per heavy atom. The predicted molar refractivity (Wildman–Crippen MR) is 74.3 cm³/mol. The molecule has 0 atom stereocenters. The Balaban J connectivity index is 0.000000400. The first-order chi connectivity index (χ1) is 9.85. The van der Waals surface area contributed by atoms with Crippen molar-refractivity contribution in [3.8, 4) is 0 Å². The van der Waals surface area contributed by atoms with Crippen molar-refractivity contribution >= 4 is 11.9 Å². The van der Waals surface area contributed by atoms with Crippen LogP contribution in [-0.2, 0) is 0 Å². The van der Waals surface area contributed by atoms with Gasteiger partial charge in [-0.05, 0) is 24.6 Å². The largest absolute Gasteiger partial charge is 0.478 e. The number of benzene rings is 1. The van der Waals surface area contributed by atoms with Gasteiger partial charge in [0.2, 0.25) is 0 Å². The molecule has 0 saturated carbocycles. The normalized spacial score (nSPS) is 10.5. The molecule has 7 nitrogen and oxygen atoms in total. The van der Waals surface area contributed by atoms with Crippen LogP contribution in [0, 0.1) is 5.41 Å². The Bertz CT molecular complexity index is 419. The molecule has 0 radical (unpaired) electrons. The summed E-state index contributed by atoms with van der Waals surface area (Å²) in [5, 5.41) is 43.0. The van der Waals surface area contributed by atoms with E-state index in [9.17, 15) is 9.59 Å². The van der Waals surface area contributed by atoms with Crippen LogP contribution in [0.1, 0.15) is 34.1 Å². The zero-order valence-corrected chi connectivity index (χ0v) is 11.7. The summed E-state index contributed by atoms with van der Waals surface area (Å²) >= 11 is 0. The number of aromatic carboxylic acids is 2. The number of hydrogen-bond donors (Lipinski definition) is 5. The molecule has 5 N–H and O–H groups in total. The number of rotatable bonds is 6. The lowest BCUT2D eigenvalue weighted by atomic mass is 9.88. The highest BCUT2D eigenvalue weighted by Gasteiger charge is 2.24. The highest BCUT2D eigenvalue weighted by atomic mass is 16.4. The fourth-order valence-electron chi connectivity index (χ4n) is 1.27. The van der Waals surface area contributed by atoms with E-state index in [1.165, 1.54) is 18.2 Å². The smallest absolute Gasteiger partial charge is 0.335 e. The van der Waals surface area contributed by atoms with Gasteiger partial charge in [-0.15, -0.1) is 0 Å². The summed E-state index contributed by atoms with van der Waals surface area (Å²) in [5.74, 6) is -2.25. The van der Waals surface area contributed by atoms with Crippen molar-refractivity contribution in [1.29, 1.82) is 0 Å². The first kappa shape index (κ1) is 19.0. The van der Waals surface area contributed by atoms with Gasteiger partial charge < -0.3 is 25.5 Å². The van der Waals surface area contributed by atoms with Gasteiger partial charge in [-0.3, -0.25) is 0 Å². The summed E-state index contributed by atoms with van der Waals surface area (Å²) in [6.07, 6.45) is 0.594. The minimum absolute atomic E-state index is 0.0186. The quantitative estimate of drug-likeness (QED) is 0.514. The van der Waals surface area contributed by atoms with E-state index in [0.717, 1.165) is 6.07 Å². The molecular weight excluding hydrogens is 280 g/mol. The summed E-state index contributed by atoms with van der Waals surface area (Å²) in [6, 6.07) is 5.20. The number of aliphatic hydroxyl groups excluding tert-OH is 3. The van der Waals surface area contributed by atoms with E-state index < -0.39 is 17.4 Å². The second-order valence-corrected chi connectivity index (χ2v) is 4.52. The molecule has 0 fully saturated rings. The molecule has 0 spiro atoms. The number of aliphatic hydroxyl groups is 3. The molecule has 1 rings (SSSR count). The molecule has 0 heterocycles. The van der Waals surface area contributed by atoms with Gasteiger partial charge in [-0.25, -0.2) is 9.59 Å². The van der Waals surface area contributed by atoms with Crippen LogP contribution in [0.15, 0.2) is 24.3 Å². The van der Waals surface area contributed by atoms with Gasteiger partial charge in [0.1, 0.15) is 0 Å². The fourth-order valence-corrected chi connectivity index (χ4v) is 1.27. The summed E-state index contributed by atoms with van der Waals surface area (Å²) in [7, 11) is 0. The summed E-state index contributed by atoms with van der Waals surface area (Å²) in [5.41, 5.74) is -0.704. The van der Waals surface area contributed by atoms with Crippen LogP contribution in [0.3, 0.4) is 0 Å². The molecule has 0 aromatic heterocycles. The maximum Gasteiger partial charge on any atom is 0.335 e. The number of carboxylic acids is 2. The molecule has 1 aromatic carbocycles. The van der Waals surface area contributed by atoms with Gasteiger partial charge in [0, 0.05) is 5.41 Å². The van der Waals surface area contributed by atoms with E-state index in [-0.39, 0.29) is 30.9 Å². The number of hydrogen-bond acceptors (Lipinski definition) is 5. The van der Waals surface area contributed by atoms with E-state index in [4.69, 9.17) is 25.5 Å². The van der Waals surface area contributed by atoms with Crippen molar-refractivity contribution in [1.82, 2.24) is 0 Å². The van der Waals surface area contributed by atoms with Gasteiger partial charge >= 0.3 is 11.9 Å². The Morgan fingerprint density at radius 2 is 1.33 bits per heavy atom. The fraction of sp³-hybridized carbons (Fsp3) is 0.429. The molecule has 0 saturated heterocycles. The highest BCUT2D eigenvalue weighted by molar-refractivity contribution is 5.93.